The van der Waals surface area contributed by atoms with Crippen molar-refractivity contribution in [2.24, 2.45) is 0 Å². The summed E-state index contributed by atoms with van der Waals surface area (Å²) in [4.78, 5) is 20.8. The largest absolute Gasteiger partial charge is 0.423 e. The van der Waals surface area contributed by atoms with Crippen LogP contribution in [0.2, 0.25) is 0 Å². The molecule has 0 spiro atoms. The number of amides is 2. The van der Waals surface area contributed by atoms with Gasteiger partial charge in [-0.05, 0) is 47.4 Å². The number of carbonyl (C=O) groups is 1. The van der Waals surface area contributed by atoms with Crippen LogP contribution in [0.3, 0.4) is 0 Å². The molecule has 0 aliphatic carbocycles. The molecule has 0 radical (unpaired) electrons. The molecule has 10 heteroatoms. The molecule has 0 saturated heterocycles. The molecule has 0 aliphatic rings. The van der Waals surface area contributed by atoms with Crippen molar-refractivity contribution in [3.63, 3.8) is 0 Å². The third kappa shape index (κ3) is 5.45. The first-order valence-corrected chi connectivity index (χ1v) is 13.0. The Morgan fingerprint density at radius 1 is 1.03 bits per heavy atom. The maximum absolute atomic E-state index is 12.3. The Balaban J connectivity index is 1.45. The van der Waals surface area contributed by atoms with Crippen LogP contribution < -0.4 is 10.2 Å². The number of hydrogen-bond acceptors (Lipinski definition) is 7. The van der Waals surface area contributed by atoms with Crippen molar-refractivity contribution in [1.29, 1.82) is 0 Å². The van der Waals surface area contributed by atoms with Gasteiger partial charge in [0.25, 0.3) is 6.01 Å². The number of rotatable bonds is 9. The third-order valence-electron chi connectivity index (χ3n) is 6.74. The second kappa shape index (κ2) is 11.3. The first-order chi connectivity index (χ1) is 19.0. The number of anilines is 2. The van der Waals surface area contributed by atoms with Crippen molar-refractivity contribution in [2.75, 3.05) is 30.9 Å². The lowest BCUT2D eigenvalue weighted by Crippen LogP contribution is -2.28. The highest BCUT2D eigenvalue weighted by atomic mass is 16.4. The molecule has 0 fully saturated rings. The molecule has 2 N–H and O–H groups in total. The van der Waals surface area contributed by atoms with Crippen molar-refractivity contribution < 1.29 is 9.21 Å². The van der Waals surface area contributed by atoms with E-state index < -0.39 is 0 Å². The van der Waals surface area contributed by atoms with Crippen LogP contribution in [0.1, 0.15) is 38.3 Å². The van der Waals surface area contributed by atoms with Crippen LogP contribution in [0.15, 0.2) is 71.1 Å². The molecule has 200 valence electrons. The Kier molecular flexibility index (Phi) is 7.53. The summed E-state index contributed by atoms with van der Waals surface area (Å²) in [5, 5.41) is 17.5. The van der Waals surface area contributed by atoms with Crippen LogP contribution in [0, 0.1) is 0 Å². The predicted molar refractivity (Wildman–Crippen MR) is 152 cm³/mol. The SMILES string of the molecule is CCCCN(c1nc2c(NC(=O)N(C)C)cccc2o1)[C@H](C)c1ccc(-c2ccccc2-c2nn[nH]n2)cc1. The Bertz CT molecular complexity index is 1540. The van der Waals surface area contributed by atoms with Gasteiger partial charge in [0, 0.05) is 26.2 Å². The van der Waals surface area contributed by atoms with E-state index in [1.807, 2.05) is 36.4 Å². The molecular weight excluding hydrogens is 492 g/mol. The number of unbranched alkanes of at least 4 members (excludes halogenated alkanes) is 1. The Hall–Kier alpha value is -4.73. The fourth-order valence-corrected chi connectivity index (χ4v) is 4.50. The number of urea groups is 1. The van der Waals surface area contributed by atoms with Crippen LogP contribution in [-0.4, -0.2) is 57.2 Å². The third-order valence-corrected chi connectivity index (χ3v) is 6.74. The van der Waals surface area contributed by atoms with Gasteiger partial charge in [-0.2, -0.15) is 10.2 Å². The van der Waals surface area contributed by atoms with E-state index in [4.69, 9.17) is 9.40 Å². The number of oxazole rings is 1. The van der Waals surface area contributed by atoms with Crippen molar-refractivity contribution in [3.8, 4) is 22.5 Å². The zero-order valence-corrected chi connectivity index (χ0v) is 22.5. The molecule has 5 rings (SSSR count). The zero-order chi connectivity index (χ0) is 27.4. The van der Waals surface area contributed by atoms with Gasteiger partial charge in [0.2, 0.25) is 5.82 Å². The van der Waals surface area contributed by atoms with Crippen LogP contribution in [0.25, 0.3) is 33.6 Å². The summed E-state index contributed by atoms with van der Waals surface area (Å²) in [7, 11) is 3.40. The number of H-pyrrole nitrogens is 1. The smallest absolute Gasteiger partial charge is 0.321 e. The average Bonchev–Trinajstić information content (AvgIpc) is 3.64. The van der Waals surface area contributed by atoms with Gasteiger partial charge < -0.3 is 19.5 Å². The van der Waals surface area contributed by atoms with Gasteiger partial charge >= 0.3 is 6.03 Å². The van der Waals surface area contributed by atoms with Gasteiger partial charge in [0.05, 0.1) is 11.7 Å². The van der Waals surface area contributed by atoms with E-state index in [9.17, 15) is 4.79 Å². The number of para-hydroxylation sites is 1. The molecule has 0 saturated carbocycles. The summed E-state index contributed by atoms with van der Waals surface area (Å²) in [6.45, 7) is 5.10. The fraction of sp³-hybridized carbons (Fsp3) is 0.276. The maximum atomic E-state index is 12.3. The van der Waals surface area contributed by atoms with Gasteiger partial charge in [0.15, 0.2) is 5.58 Å². The lowest BCUT2D eigenvalue weighted by molar-refractivity contribution is 0.230. The van der Waals surface area contributed by atoms with Gasteiger partial charge in [-0.3, -0.25) is 0 Å². The highest BCUT2D eigenvalue weighted by molar-refractivity contribution is 5.98. The molecule has 10 nitrogen and oxygen atoms in total. The number of carbonyl (C=O) groups excluding carboxylic acids is 1. The molecule has 1 atom stereocenters. The number of nitrogens with zero attached hydrogens (tertiary/aromatic N) is 6. The lowest BCUT2D eigenvalue weighted by atomic mass is 9.97. The number of benzene rings is 3. The minimum atomic E-state index is -0.218. The Labute approximate surface area is 227 Å². The van der Waals surface area contributed by atoms with Gasteiger partial charge in [-0.25, -0.2) is 4.79 Å². The number of aromatic nitrogens is 5. The molecule has 0 bridgehead atoms. The zero-order valence-electron chi connectivity index (χ0n) is 22.5. The summed E-state index contributed by atoms with van der Waals surface area (Å²) in [5.74, 6) is 0.561. The number of hydrogen-bond donors (Lipinski definition) is 2. The summed E-state index contributed by atoms with van der Waals surface area (Å²) >= 11 is 0. The quantitative estimate of drug-likeness (QED) is 0.238. The minimum Gasteiger partial charge on any atom is -0.423 e. The lowest BCUT2D eigenvalue weighted by Gasteiger charge is -2.28. The first-order valence-electron chi connectivity index (χ1n) is 13.0. The standard InChI is InChI=1S/C29H32N8O2/c1-5-6-18-37(29-31-26-24(30-28(38)36(3)4)12-9-13-25(26)39-29)19(2)20-14-16-21(17-15-20)22-10-7-8-11-23(22)27-32-34-35-33-27/h7-17,19H,5-6,18H2,1-4H3,(H,30,38)(H,32,33,34,35)/t19-/m1/s1. The number of fused-ring (bicyclic) bond motifs is 1. The van der Waals surface area contributed by atoms with E-state index in [0.717, 1.165) is 41.6 Å². The normalized spacial score (nSPS) is 11.9. The van der Waals surface area contributed by atoms with Gasteiger partial charge in [0.1, 0.15) is 5.52 Å². The molecular formula is C29H32N8O2. The van der Waals surface area contributed by atoms with Crippen molar-refractivity contribution >= 4 is 28.8 Å². The van der Waals surface area contributed by atoms with Crippen LogP contribution in [0.5, 0.6) is 0 Å². The molecule has 39 heavy (non-hydrogen) atoms. The molecule has 0 aliphatic heterocycles. The minimum absolute atomic E-state index is 0.00549. The average molecular weight is 525 g/mol. The van der Waals surface area contributed by atoms with E-state index in [1.54, 1.807) is 14.1 Å². The highest BCUT2D eigenvalue weighted by Gasteiger charge is 2.23. The number of tetrazole rings is 1. The molecule has 5 aromatic rings. The van der Waals surface area contributed by atoms with Crippen LogP contribution in [0.4, 0.5) is 16.5 Å². The summed E-state index contributed by atoms with van der Waals surface area (Å²) in [6.07, 6.45) is 2.03. The number of nitrogens with one attached hydrogen (secondary N) is 2. The fourth-order valence-electron chi connectivity index (χ4n) is 4.50. The molecule has 2 heterocycles. The van der Waals surface area contributed by atoms with Crippen molar-refractivity contribution in [3.05, 3.63) is 72.3 Å². The Morgan fingerprint density at radius 2 is 1.79 bits per heavy atom. The van der Waals surface area contributed by atoms with E-state index >= 15 is 0 Å². The van der Waals surface area contributed by atoms with E-state index in [2.05, 4.69) is 75.0 Å². The molecule has 3 aromatic carbocycles. The molecule has 2 aromatic heterocycles. The second-order valence-electron chi connectivity index (χ2n) is 9.60. The van der Waals surface area contributed by atoms with E-state index in [1.165, 1.54) is 4.90 Å². The highest BCUT2D eigenvalue weighted by Crippen LogP contribution is 2.34. The monoisotopic (exact) mass is 524 g/mol. The van der Waals surface area contributed by atoms with Gasteiger partial charge in [-0.1, -0.05) is 67.9 Å². The Morgan fingerprint density at radius 3 is 2.49 bits per heavy atom. The second-order valence-corrected chi connectivity index (χ2v) is 9.60. The summed E-state index contributed by atoms with van der Waals surface area (Å²) < 4.78 is 6.23. The van der Waals surface area contributed by atoms with E-state index in [-0.39, 0.29) is 12.1 Å². The summed E-state index contributed by atoms with van der Waals surface area (Å²) in [6, 6.07) is 22.4. The first kappa shape index (κ1) is 25.9. The molecule has 0 unspecified atom stereocenters. The van der Waals surface area contributed by atoms with Crippen molar-refractivity contribution in [1.82, 2.24) is 30.5 Å². The van der Waals surface area contributed by atoms with Crippen LogP contribution >= 0.6 is 0 Å². The van der Waals surface area contributed by atoms with Crippen molar-refractivity contribution in [2.45, 2.75) is 32.7 Å². The molecule has 2 amide bonds. The van der Waals surface area contributed by atoms with Gasteiger partial charge in [-0.15, -0.1) is 10.2 Å². The maximum Gasteiger partial charge on any atom is 0.321 e. The predicted octanol–water partition coefficient (Wildman–Crippen LogP) is 6.14. The number of aromatic amines is 1. The summed E-state index contributed by atoms with van der Waals surface area (Å²) in [5.41, 5.74) is 6.03. The topological polar surface area (TPSA) is 116 Å². The van der Waals surface area contributed by atoms with Crippen LogP contribution in [-0.2, 0) is 0 Å². The van der Waals surface area contributed by atoms with E-state index in [0.29, 0.717) is 28.6 Å².